The second kappa shape index (κ2) is 11.4. The predicted octanol–water partition coefficient (Wildman–Crippen LogP) is 7.21. The molecule has 40 heavy (non-hydrogen) atoms. The molecule has 4 aromatic rings. The van der Waals surface area contributed by atoms with Gasteiger partial charge in [-0.05, 0) is 42.2 Å². The van der Waals surface area contributed by atoms with Crippen LogP contribution in [0.25, 0.3) is 33.3 Å². The van der Waals surface area contributed by atoms with Crippen molar-refractivity contribution in [2.75, 3.05) is 31.6 Å². The summed E-state index contributed by atoms with van der Waals surface area (Å²) in [5.74, 6) is 0.466. The zero-order chi connectivity index (χ0) is 28.6. The van der Waals surface area contributed by atoms with Crippen molar-refractivity contribution in [2.24, 2.45) is 0 Å². The summed E-state index contributed by atoms with van der Waals surface area (Å²) in [6, 6.07) is 16.3. The Labute approximate surface area is 238 Å². The Morgan fingerprint density at radius 1 is 1.12 bits per heavy atom. The van der Waals surface area contributed by atoms with Gasteiger partial charge in [0.15, 0.2) is 0 Å². The van der Waals surface area contributed by atoms with Gasteiger partial charge in [-0.2, -0.15) is 0 Å². The zero-order valence-electron chi connectivity index (χ0n) is 23.0. The number of nitrogens with zero attached hydrogens (tertiary/aromatic N) is 4. The first-order valence-corrected chi connectivity index (χ1v) is 13.7. The first-order chi connectivity index (χ1) is 19.2. The monoisotopic (exact) mass is 562 g/mol. The molecule has 0 spiro atoms. The number of halogens is 2. The molecule has 1 N–H and O–H groups in total. The lowest BCUT2D eigenvalue weighted by molar-refractivity contribution is 0.136. The number of hydrogen-bond donors (Lipinski definition) is 1. The van der Waals surface area contributed by atoms with Crippen LogP contribution in [-0.2, 0) is 11.3 Å². The van der Waals surface area contributed by atoms with E-state index in [4.69, 9.17) is 26.3 Å². The van der Waals surface area contributed by atoms with Crippen LogP contribution in [0.2, 0.25) is 5.02 Å². The molecule has 2 aromatic carbocycles. The van der Waals surface area contributed by atoms with E-state index in [2.05, 4.69) is 30.9 Å². The van der Waals surface area contributed by atoms with Crippen LogP contribution in [-0.4, -0.2) is 58.9 Å². The van der Waals surface area contributed by atoms with Gasteiger partial charge in [0, 0.05) is 49.3 Å². The lowest BCUT2D eigenvalue weighted by Crippen LogP contribution is -2.53. The van der Waals surface area contributed by atoms with E-state index < -0.39 is 11.9 Å². The fourth-order valence-corrected chi connectivity index (χ4v) is 5.74. The van der Waals surface area contributed by atoms with Gasteiger partial charge in [-0.3, -0.25) is 0 Å². The normalized spacial score (nSPS) is 15.7. The molecule has 1 aliphatic heterocycles. The van der Waals surface area contributed by atoms with E-state index in [-0.39, 0.29) is 18.6 Å². The molecule has 1 fully saturated rings. The summed E-state index contributed by atoms with van der Waals surface area (Å²) < 4.78 is 20.6. The van der Waals surface area contributed by atoms with Crippen LogP contribution < -0.4 is 4.90 Å². The van der Waals surface area contributed by atoms with E-state index in [1.165, 1.54) is 11.0 Å². The molecule has 1 aliphatic rings. The largest absolute Gasteiger partial charge is 0.465 e. The Hall–Kier alpha value is -3.75. The third-order valence-electron chi connectivity index (χ3n) is 7.42. The number of ether oxygens (including phenoxy) is 1. The Balaban J connectivity index is 1.84. The number of rotatable bonds is 6. The molecule has 0 bridgehead atoms. The first kappa shape index (κ1) is 27.8. The summed E-state index contributed by atoms with van der Waals surface area (Å²) in [6.07, 6.45) is -0.940. The number of carbonyl (C=O) groups is 1. The van der Waals surface area contributed by atoms with Gasteiger partial charge in [-0.25, -0.2) is 19.2 Å². The van der Waals surface area contributed by atoms with Crippen LogP contribution in [0.4, 0.5) is 15.0 Å². The molecule has 5 rings (SSSR count). The van der Waals surface area contributed by atoms with E-state index in [1.807, 2.05) is 25.1 Å². The van der Waals surface area contributed by atoms with Crippen LogP contribution in [0.1, 0.15) is 37.9 Å². The average Bonchev–Trinajstić information content (AvgIpc) is 2.93. The van der Waals surface area contributed by atoms with Gasteiger partial charge in [0.1, 0.15) is 11.6 Å². The molecule has 2 aromatic heterocycles. The van der Waals surface area contributed by atoms with Crippen molar-refractivity contribution in [1.29, 1.82) is 0 Å². The number of pyridine rings is 2. The summed E-state index contributed by atoms with van der Waals surface area (Å²) in [5, 5.41) is 10.6. The smallest absolute Gasteiger partial charge is 0.407 e. The van der Waals surface area contributed by atoms with Crippen LogP contribution >= 0.6 is 11.6 Å². The number of hydrogen-bond acceptors (Lipinski definition) is 5. The SMILES string of the molecule is COCc1nc(N2CCN(C(=O)O)C[C@@H]2C)c2cc(Cl)c(-c3ccccc3F)nc2c1-c1ccccc1C(C)C. The molecule has 208 valence electrons. The lowest BCUT2D eigenvalue weighted by atomic mass is 9.90. The van der Waals surface area contributed by atoms with Crippen molar-refractivity contribution in [3.63, 3.8) is 0 Å². The minimum absolute atomic E-state index is 0.144. The summed E-state index contributed by atoms with van der Waals surface area (Å²) in [5.41, 5.74) is 4.92. The van der Waals surface area contributed by atoms with E-state index in [9.17, 15) is 14.3 Å². The van der Waals surface area contributed by atoms with Gasteiger partial charge in [-0.1, -0.05) is 61.8 Å². The molecule has 1 amide bonds. The van der Waals surface area contributed by atoms with Crippen molar-refractivity contribution in [3.05, 3.63) is 76.7 Å². The number of fused-ring (bicyclic) bond motifs is 1. The molecule has 0 saturated carbocycles. The first-order valence-electron chi connectivity index (χ1n) is 13.3. The molecule has 3 heterocycles. The second-order valence-electron chi connectivity index (χ2n) is 10.4. The molecular weight excluding hydrogens is 531 g/mol. The highest BCUT2D eigenvalue weighted by molar-refractivity contribution is 6.34. The molecule has 7 nitrogen and oxygen atoms in total. The van der Waals surface area contributed by atoms with Gasteiger partial charge >= 0.3 is 6.09 Å². The number of amides is 1. The molecule has 0 unspecified atom stereocenters. The van der Waals surface area contributed by atoms with Crippen molar-refractivity contribution >= 4 is 34.4 Å². The maximum atomic E-state index is 15.0. The number of benzene rings is 2. The molecule has 9 heteroatoms. The summed E-state index contributed by atoms with van der Waals surface area (Å²) in [4.78, 5) is 25.3. The van der Waals surface area contributed by atoms with Crippen LogP contribution in [0.15, 0.2) is 54.6 Å². The Morgan fingerprint density at radius 3 is 2.48 bits per heavy atom. The fraction of sp³-hybridized carbons (Fsp3) is 0.323. The summed E-state index contributed by atoms with van der Waals surface area (Å²) in [6.45, 7) is 7.61. The van der Waals surface area contributed by atoms with Crippen LogP contribution in [0.3, 0.4) is 0 Å². The fourth-order valence-electron chi connectivity index (χ4n) is 5.49. The van der Waals surface area contributed by atoms with E-state index in [0.29, 0.717) is 58.3 Å². The number of anilines is 1. The summed E-state index contributed by atoms with van der Waals surface area (Å²) in [7, 11) is 1.62. The molecule has 0 radical (unpaired) electrons. The maximum Gasteiger partial charge on any atom is 0.407 e. The molecule has 1 atom stereocenters. The topological polar surface area (TPSA) is 78.8 Å². The van der Waals surface area contributed by atoms with Gasteiger partial charge in [0.25, 0.3) is 0 Å². The third-order valence-corrected chi connectivity index (χ3v) is 7.70. The quantitative estimate of drug-likeness (QED) is 0.267. The van der Waals surface area contributed by atoms with Gasteiger partial charge in [0.2, 0.25) is 0 Å². The van der Waals surface area contributed by atoms with E-state index in [0.717, 1.165) is 16.7 Å². The standard InChI is InChI=1S/C31H32ClFN4O3/c1-18(2)20-9-5-6-10-21(20)27-26(17-40-4)34-30(37-14-13-36(31(38)39)16-19(37)3)23-15-24(32)28(35-29(23)27)22-11-7-8-12-25(22)33/h5-12,15,18-19H,13-14,16-17H2,1-4H3,(H,38,39)/t19-/m0/s1. The van der Waals surface area contributed by atoms with Crippen molar-refractivity contribution in [3.8, 4) is 22.4 Å². The number of carboxylic acid groups (broad SMARTS) is 1. The lowest BCUT2D eigenvalue weighted by Gasteiger charge is -2.40. The van der Waals surface area contributed by atoms with Gasteiger partial charge < -0.3 is 19.6 Å². The highest BCUT2D eigenvalue weighted by Gasteiger charge is 2.31. The zero-order valence-corrected chi connectivity index (χ0v) is 23.7. The van der Waals surface area contributed by atoms with Crippen molar-refractivity contribution in [1.82, 2.24) is 14.9 Å². The van der Waals surface area contributed by atoms with Crippen molar-refractivity contribution in [2.45, 2.75) is 39.3 Å². The molecular formula is C31H32ClFN4O3. The van der Waals surface area contributed by atoms with Gasteiger partial charge in [-0.15, -0.1) is 0 Å². The van der Waals surface area contributed by atoms with Crippen LogP contribution in [0, 0.1) is 5.82 Å². The molecule has 0 aliphatic carbocycles. The van der Waals surface area contributed by atoms with Crippen molar-refractivity contribution < 1.29 is 19.0 Å². The minimum atomic E-state index is -0.940. The highest BCUT2D eigenvalue weighted by atomic mass is 35.5. The Morgan fingerprint density at radius 2 is 1.82 bits per heavy atom. The van der Waals surface area contributed by atoms with Gasteiger partial charge in [0.05, 0.1) is 28.5 Å². The highest BCUT2D eigenvalue weighted by Crippen LogP contribution is 2.42. The Kier molecular flexibility index (Phi) is 7.92. The second-order valence-corrected chi connectivity index (χ2v) is 10.8. The average molecular weight is 563 g/mol. The maximum absolute atomic E-state index is 15.0. The van der Waals surface area contributed by atoms with E-state index in [1.54, 1.807) is 25.3 Å². The number of aromatic nitrogens is 2. The third kappa shape index (κ3) is 5.09. The molecule has 1 saturated heterocycles. The Bertz CT molecular complexity index is 1580. The predicted molar refractivity (Wildman–Crippen MR) is 157 cm³/mol. The number of methoxy groups -OCH3 is 1. The van der Waals surface area contributed by atoms with Crippen LogP contribution in [0.5, 0.6) is 0 Å². The van der Waals surface area contributed by atoms with E-state index >= 15 is 0 Å². The summed E-state index contributed by atoms with van der Waals surface area (Å²) >= 11 is 6.82. The minimum Gasteiger partial charge on any atom is -0.465 e. The number of piperazine rings is 1.